The number of hydrogen-bond donors (Lipinski definition) is 2. The van der Waals surface area contributed by atoms with Crippen LogP contribution in [0.2, 0.25) is 0 Å². The maximum atomic E-state index is 4.30. The van der Waals surface area contributed by atoms with E-state index in [1.54, 1.807) is 6.20 Å². The fourth-order valence-corrected chi connectivity index (χ4v) is 1.96. The molecule has 0 saturated carbocycles. The largest absolute Gasteiger partial charge is 0.391 e. The summed E-state index contributed by atoms with van der Waals surface area (Å²) in [5.74, 6) is 0. The van der Waals surface area contributed by atoms with E-state index in [2.05, 4.69) is 58.4 Å². The molecular formula is C16H32N2. The molecule has 0 bridgehead atoms. The van der Waals surface area contributed by atoms with Gasteiger partial charge in [-0.05, 0) is 30.9 Å². The Morgan fingerprint density at radius 3 is 2.28 bits per heavy atom. The second-order valence-electron chi connectivity index (χ2n) is 6.30. The quantitative estimate of drug-likeness (QED) is 0.481. The van der Waals surface area contributed by atoms with Crippen molar-refractivity contribution < 1.29 is 0 Å². The first-order chi connectivity index (χ1) is 8.29. The van der Waals surface area contributed by atoms with Crippen molar-refractivity contribution in [2.45, 2.75) is 66.0 Å². The molecule has 0 aromatic carbocycles. The zero-order valence-electron chi connectivity index (χ0n) is 13.0. The Morgan fingerprint density at radius 1 is 1.22 bits per heavy atom. The first kappa shape index (κ1) is 17.2. The summed E-state index contributed by atoms with van der Waals surface area (Å²) in [6.45, 7) is 20.1. The van der Waals surface area contributed by atoms with Gasteiger partial charge in [-0.2, -0.15) is 0 Å². The molecule has 2 N–H and O–H groups in total. The minimum atomic E-state index is 0.173. The van der Waals surface area contributed by atoms with Crippen LogP contribution in [0.4, 0.5) is 0 Å². The van der Waals surface area contributed by atoms with Crippen molar-refractivity contribution in [1.29, 1.82) is 0 Å². The highest BCUT2D eigenvalue weighted by molar-refractivity contribution is 5.13. The van der Waals surface area contributed by atoms with Crippen LogP contribution in [0.15, 0.2) is 24.9 Å². The van der Waals surface area contributed by atoms with Gasteiger partial charge in [0.2, 0.25) is 0 Å². The summed E-state index contributed by atoms with van der Waals surface area (Å²) in [5, 5.41) is 6.78. The zero-order valence-corrected chi connectivity index (χ0v) is 13.0. The summed E-state index contributed by atoms with van der Waals surface area (Å²) in [6.07, 6.45) is 5.31. The average molecular weight is 252 g/mol. The van der Waals surface area contributed by atoms with Gasteiger partial charge in [-0.15, -0.1) is 0 Å². The molecule has 0 saturated heterocycles. The van der Waals surface area contributed by atoms with E-state index in [1.165, 1.54) is 18.4 Å². The summed E-state index contributed by atoms with van der Waals surface area (Å²) in [5.41, 5.74) is 1.49. The maximum Gasteiger partial charge on any atom is 0.0284 e. The highest BCUT2D eigenvalue weighted by atomic mass is 14.9. The van der Waals surface area contributed by atoms with Crippen molar-refractivity contribution in [2.75, 3.05) is 6.54 Å². The first-order valence-electron chi connectivity index (χ1n) is 7.08. The highest BCUT2D eigenvalue weighted by Gasteiger charge is 2.23. The van der Waals surface area contributed by atoms with E-state index in [4.69, 9.17) is 0 Å². The van der Waals surface area contributed by atoms with E-state index in [0.717, 1.165) is 13.0 Å². The Bertz CT molecular complexity index is 248. The van der Waals surface area contributed by atoms with Crippen LogP contribution in [-0.2, 0) is 0 Å². The molecule has 0 amide bonds. The molecule has 106 valence electrons. The molecule has 0 spiro atoms. The summed E-state index contributed by atoms with van der Waals surface area (Å²) >= 11 is 0. The third-order valence-electron chi connectivity index (χ3n) is 3.13. The number of nitrogens with one attached hydrogen (secondary N) is 2. The van der Waals surface area contributed by atoms with Crippen LogP contribution >= 0.6 is 0 Å². The molecule has 0 heterocycles. The predicted octanol–water partition coefficient (Wildman–Crippen LogP) is 3.86. The number of hydrogen-bond acceptors (Lipinski definition) is 2. The molecule has 0 aromatic rings. The smallest absolute Gasteiger partial charge is 0.0284 e. The van der Waals surface area contributed by atoms with E-state index in [0.29, 0.717) is 12.1 Å². The average Bonchev–Trinajstić information content (AvgIpc) is 2.24. The molecule has 18 heavy (non-hydrogen) atoms. The lowest BCUT2D eigenvalue weighted by atomic mass is 9.81. The summed E-state index contributed by atoms with van der Waals surface area (Å²) in [6, 6.07) is 0.925. The first-order valence-corrected chi connectivity index (χ1v) is 7.08. The van der Waals surface area contributed by atoms with Gasteiger partial charge >= 0.3 is 0 Å². The lowest BCUT2D eigenvalue weighted by molar-refractivity contribution is 0.386. The maximum absolute atomic E-state index is 4.30. The highest BCUT2D eigenvalue weighted by Crippen LogP contribution is 2.28. The SMILES string of the molecule is C=CNCCCCC(NC(C)C)C(=C)C(C)(C)C. The van der Waals surface area contributed by atoms with Gasteiger partial charge in [0.15, 0.2) is 0 Å². The Balaban J connectivity index is 4.24. The standard InChI is InChI=1S/C16H32N2/c1-8-17-12-10-9-11-15(18-13(2)3)14(4)16(5,6)7/h8,13,15,17-18H,1,4,9-12H2,2-3,5-7H3. The van der Waals surface area contributed by atoms with Crippen LogP contribution in [0.5, 0.6) is 0 Å². The third kappa shape index (κ3) is 7.54. The van der Waals surface area contributed by atoms with Gasteiger partial charge in [-0.25, -0.2) is 0 Å². The minimum absolute atomic E-state index is 0.173. The second-order valence-corrected chi connectivity index (χ2v) is 6.30. The van der Waals surface area contributed by atoms with Crippen LogP contribution < -0.4 is 10.6 Å². The van der Waals surface area contributed by atoms with Gasteiger partial charge in [0.1, 0.15) is 0 Å². The molecule has 0 aromatic heterocycles. The van der Waals surface area contributed by atoms with E-state index < -0.39 is 0 Å². The van der Waals surface area contributed by atoms with E-state index in [-0.39, 0.29) is 5.41 Å². The van der Waals surface area contributed by atoms with Gasteiger partial charge < -0.3 is 10.6 Å². The topological polar surface area (TPSA) is 24.1 Å². The van der Waals surface area contributed by atoms with E-state index >= 15 is 0 Å². The number of unbranched alkanes of at least 4 members (excludes halogenated alkanes) is 1. The molecule has 1 atom stereocenters. The normalized spacial score (nSPS) is 13.4. The molecule has 0 aliphatic carbocycles. The summed E-state index contributed by atoms with van der Waals surface area (Å²) < 4.78 is 0. The van der Waals surface area contributed by atoms with E-state index in [1.807, 2.05) is 0 Å². The zero-order chi connectivity index (χ0) is 14.2. The Kier molecular flexibility index (Phi) is 8.01. The molecule has 2 heteroatoms. The van der Waals surface area contributed by atoms with Crippen LogP contribution in [0.3, 0.4) is 0 Å². The molecule has 1 unspecified atom stereocenters. The van der Waals surface area contributed by atoms with E-state index in [9.17, 15) is 0 Å². The van der Waals surface area contributed by atoms with Crippen LogP contribution in [0, 0.1) is 5.41 Å². The van der Waals surface area contributed by atoms with Crippen LogP contribution in [-0.4, -0.2) is 18.6 Å². The summed E-state index contributed by atoms with van der Waals surface area (Å²) in [4.78, 5) is 0. The molecule has 0 aliphatic heterocycles. The lowest BCUT2D eigenvalue weighted by Gasteiger charge is -2.32. The monoisotopic (exact) mass is 252 g/mol. The fourth-order valence-electron chi connectivity index (χ4n) is 1.96. The van der Waals surface area contributed by atoms with Gasteiger partial charge in [0, 0.05) is 18.6 Å². The van der Waals surface area contributed by atoms with Crippen molar-refractivity contribution in [3.8, 4) is 0 Å². The van der Waals surface area contributed by atoms with Gasteiger partial charge in [-0.3, -0.25) is 0 Å². The summed E-state index contributed by atoms with van der Waals surface area (Å²) in [7, 11) is 0. The Hall–Kier alpha value is -0.760. The molecule has 0 rings (SSSR count). The van der Waals surface area contributed by atoms with Gasteiger partial charge in [0.25, 0.3) is 0 Å². The minimum Gasteiger partial charge on any atom is -0.391 e. The Labute approximate surface area is 114 Å². The van der Waals surface area contributed by atoms with Gasteiger partial charge in [-0.1, -0.05) is 53.3 Å². The molecule has 0 radical (unpaired) electrons. The van der Waals surface area contributed by atoms with Crippen molar-refractivity contribution >= 4 is 0 Å². The molecule has 0 fully saturated rings. The molecule has 2 nitrogen and oxygen atoms in total. The molecular weight excluding hydrogens is 220 g/mol. The van der Waals surface area contributed by atoms with Crippen molar-refractivity contribution in [3.05, 3.63) is 24.9 Å². The van der Waals surface area contributed by atoms with Crippen molar-refractivity contribution in [1.82, 2.24) is 10.6 Å². The fraction of sp³-hybridized carbons (Fsp3) is 0.750. The third-order valence-corrected chi connectivity index (χ3v) is 3.13. The van der Waals surface area contributed by atoms with Crippen LogP contribution in [0.25, 0.3) is 0 Å². The van der Waals surface area contributed by atoms with Crippen molar-refractivity contribution in [3.63, 3.8) is 0 Å². The van der Waals surface area contributed by atoms with Crippen LogP contribution in [0.1, 0.15) is 53.9 Å². The van der Waals surface area contributed by atoms with Crippen molar-refractivity contribution in [2.24, 2.45) is 5.41 Å². The Morgan fingerprint density at radius 2 is 1.83 bits per heavy atom. The predicted molar refractivity (Wildman–Crippen MR) is 82.7 cm³/mol. The second kappa shape index (κ2) is 8.36. The molecule has 0 aliphatic rings. The van der Waals surface area contributed by atoms with Gasteiger partial charge in [0.05, 0.1) is 0 Å². The number of rotatable bonds is 9. The lowest BCUT2D eigenvalue weighted by Crippen LogP contribution is -2.39.